The molecule has 0 bridgehead atoms. The van der Waals surface area contributed by atoms with Crippen molar-refractivity contribution in [1.82, 2.24) is 0 Å². The fourth-order valence-corrected chi connectivity index (χ4v) is 2.11. The first-order valence-corrected chi connectivity index (χ1v) is 6.45. The summed E-state index contributed by atoms with van der Waals surface area (Å²) in [5.41, 5.74) is 13.8. The monoisotopic (exact) mass is 285 g/mol. The van der Waals surface area contributed by atoms with Crippen molar-refractivity contribution in [3.8, 4) is 11.5 Å². The van der Waals surface area contributed by atoms with Gasteiger partial charge in [-0.15, -0.1) is 0 Å². The smallest absolute Gasteiger partial charge is 0.248 e. The molecule has 0 saturated heterocycles. The van der Waals surface area contributed by atoms with Crippen LogP contribution >= 0.6 is 0 Å². The van der Waals surface area contributed by atoms with Gasteiger partial charge in [0.2, 0.25) is 12.7 Å². The Kier molecular flexibility index (Phi) is 3.27. The fourth-order valence-electron chi connectivity index (χ4n) is 2.11. The Bertz CT molecular complexity index is 701. The number of rotatable bonds is 4. The molecule has 108 valence electrons. The van der Waals surface area contributed by atoms with Crippen molar-refractivity contribution in [3.05, 3.63) is 47.5 Å². The quantitative estimate of drug-likeness (QED) is 0.743. The fraction of sp³-hybridized carbons (Fsp3) is 0.133. The summed E-state index contributed by atoms with van der Waals surface area (Å²) in [7, 11) is 0. The maximum Gasteiger partial charge on any atom is 0.248 e. The molecule has 21 heavy (non-hydrogen) atoms. The van der Waals surface area contributed by atoms with Crippen molar-refractivity contribution in [3.63, 3.8) is 0 Å². The number of nitrogens with two attached hydrogens (primary N) is 2. The van der Waals surface area contributed by atoms with E-state index >= 15 is 0 Å². The molecule has 0 unspecified atom stereocenters. The molecule has 5 N–H and O–H groups in total. The number of carbonyl (C=O) groups excluding carboxylic acids is 1. The van der Waals surface area contributed by atoms with E-state index in [1.54, 1.807) is 18.2 Å². The Morgan fingerprint density at radius 1 is 1.14 bits per heavy atom. The van der Waals surface area contributed by atoms with Crippen LogP contribution < -0.4 is 26.3 Å². The van der Waals surface area contributed by atoms with E-state index in [0.717, 1.165) is 17.1 Å². The highest BCUT2D eigenvalue weighted by Crippen LogP contribution is 2.32. The third kappa shape index (κ3) is 2.69. The van der Waals surface area contributed by atoms with E-state index < -0.39 is 5.91 Å². The highest BCUT2D eigenvalue weighted by molar-refractivity contribution is 5.94. The second-order valence-corrected chi connectivity index (χ2v) is 4.71. The summed E-state index contributed by atoms with van der Waals surface area (Å²) in [6.45, 7) is 0.795. The third-order valence-corrected chi connectivity index (χ3v) is 3.26. The van der Waals surface area contributed by atoms with Crippen molar-refractivity contribution in [1.29, 1.82) is 0 Å². The number of anilines is 2. The minimum Gasteiger partial charge on any atom is -0.454 e. The molecular formula is C15H15N3O3. The number of ether oxygens (including phenoxy) is 2. The van der Waals surface area contributed by atoms with Crippen LogP contribution in [0.25, 0.3) is 0 Å². The Hall–Kier alpha value is -2.89. The van der Waals surface area contributed by atoms with Gasteiger partial charge in [0.1, 0.15) is 0 Å². The minimum absolute atomic E-state index is 0.250. The Balaban J connectivity index is 1.75. The zero-order chi connectivity index (χ0) is 14.8. The third-order valence-electron chi connectivity index (χ3n) is 3.26. The van der Waals surface area contributed by atoms with E-state index in [1.165, 1.54) is 0 Å². The van der Waals surface area contributed by atoms with Gasteiger partial charge in [-0.3, -0.25) is 4.79 Å². The molecule has 2 aromatic rings. The number of fused-ring (bicyclic) bond motifs is 1. The van der Waals surface area contributed by atoms with Crippen molar-refractivity contribution in [2.24, 2.45) is 5.73 Å². The molecule has 2 aromatic carbocycles. The molecule has 1 aliphatic heterocycles. The number of nitrogen functional groups attached to an aromatic ring is 1. The Morgan fingerprint density at radius 2 is 1.95 bits per heavy atom. The van der Waals surface area contributed by atoms with Gasteiger partial charge in [0.05, 0.1) is 11.4 Å². The minimum atomic E-state index is -0.485. The lowest BCUT2D eigenvalue weighted by molar-refractivity contribution is 0.100. The van der Waals surface area contributed by atoms with E-state index in [-0.39, 0.29) is 6.79 Å². The van der Waals surface area contributed by atoms with Crippen LogP contribution in [0, 0.1) is 0 Å². The van der Waals surface area contributed by atoms with Gasteiger partial charge in [-0.25, -0.2) is 0 Å². The number of benzene rings is 2. The van der Waals surface area contributed by atoms with E-state index in [2.05, 4.69) is 5.32 Å². The molecule has 6 heteroatoms. The zero-order valence-electron chi connectivity index (χ0n) is 11.3. The summed E-state index contributed by atoms with van der Waals surface area (Å²) in [6.07, 6.45) is 0. The topological polar surface area (TPSA) is 99.6 Å². The molecule has 0 fully saturated rings. The number of hydrogen-bond donors (Lipinski definition) is 3. The van der Waals surface area contributed by atoms with Crippen LogP contribution in [0.15, 0.2) is 36.4 Å². The van der Waals surface area contributed by atoms with Crippen LogP contribution in [-0.4, -0.2) is 12.7 Å². The normalized spacial score (nSPS) is 12.2. The molecule has 0 spiro atoms. The van der Waals surface area contributed by atoms with Gasteiger partial charge in [-0.1, -0.05) is 6.07 Å². The van der Waals surface area contributed by atoms with Crippen LogP contribution in [0.1, 0.15) is 15.9 Å². The molecule has 6 nitrogen and oxygen atoms in total. The summed E-state index contributed by atoms with van der Waals surface area (Å²) in [5.74, 6) is 0.989. The van der Waals surface area contributed by atoms with Crippen molar-refractivity contribution in [2.45, 2.75) is 6.54 Å². The molecule has 0 saturated carbocycles. The highest BCUT2D eigenvalue weighted by Gasteiger charge is 2.13. The number of nitrogens with one attached hydrogen (secondary N) is 1. The molecule has 1 aliphatic rings. The number of carbonyl (C=O) groups is 1. The van der Waals surface area contributed by atoms with Gasteiger partial charge in [0.25, 0.3) is 0 Å². The van der Waals surface area contributed by atoms with Gasteiger partial charge < -0.3 is 26.3 Å². The standard InChI is InChI=1S/C15H15N3O3/c16-11-3-2-10(15(17)19)6-12(11)18-7-9-1-4-13-14(5-9)21-8-20-13/h1-6,18H,7-8,16H2,(H2,17,19). The van der Waals surface area contributed by atoms with E-state index in [1.807, 2.05) is 18.2 Å². The lowest BCUT2D eigenvalue weighted by Gasteiger charge is -2.11. The van der Waals surface area contributed by atoms with Crippen molar-refractivity contribution < 1.29 is 14.3 Å². The van der Waals surface area contributed by atoms with Crippen molar-refractivity contribution >= 4 is 17.3 Å². The van der Waals surface area contributed by atoms with Crippen LogP contribution in [0.5, 0.6) is 11.5 Å². The lowest BCUT2D eigenvalue weighted by Crippen LogP contribution is -2.12. The van der Waals surface area contributed by atoms with Gasteiger partial charge in [-0.2, -0.15) is 0 Å². The second kappa shape index (κ2) is 5.24. The number of amides is 1. The van der Waals surface area contributed by atoms with E-state index in [9.17, 15) is 4.79 Å². The average Bonchev–Trinajstić information content (AvgIpc) is 2.93. The SMILES string of the molecule is NC(=O)c1ccc(N)c(NCc2ccc3c(c2)OCO3)c1. The Labute approximate surface area is 121 Å². The summed E-state index contributed by atoms with van der Waals surface area (Å²) < 4.78 is 10.6. The predicted molar refractivity (Wildman–Crippen MR) is 79.3 cm³/mol. The first-order chi connectivity index (χ1) is 10.1. The largest absolute Gasteiger partial charge is 0.454 e. The molecule has 3 rings (SSSR count). The first-order valence-electron chi connectivity index (χ1n) is 6.45. The number of hydrogen-bond acceptors (Lipinski definition) is 5. The molecule has 0 aliphatic carbocycles. The van der Waals surface area contributed by atoms with Crippen LogP contribution in [0.2, 0.25) is 0 Å². The number of primary amides is 1. The Morgan fingerprint density at radius 3 is 2.76 bits per heavy atom. The summed E-state index contributed by atoms with van der Waals surface area (Å²) in [6, 6.07) is 10.6. The molecule has 0 atom stereocenters. The van der Waals surface area contributed by atoms with Crippen LogP contribution in [-0.2, 0) is 6.54 Å². The van der Waals surface area contributed by atoms with E-state index in [0.29, 0.717) is 23.5 Å². The second-order valence-electron chi connectivity index (χ2n) is 4.71. The van der Waals surface area contributed by atoms with Gasteiger partial charge in [-0.05, 0) is 35.9 Å². The summed E-state index contributed by atoms with van der Waals surface area (Å²) >= 11 is 0. The van der Waals surface area contributed by atoms with E-state index in [4.69, 9.17) is 20.9 Å². The molecule has 0 radical (unpaired) electrons. The molecular weight excluding hydrogens is 270 g/mol. The molecule has 0 aromatic heterocycles. The first kappa shape index (κ1) is 13.1. The van der Waals surface area contributed by atoms with Crippen molar-refractivity contribution in [2.75, 3.05) is 17.8 Å². The average molecular weight is 285 g/mol. The van der Waals surface area contributed by atoms with Gasteiger partial charge in [0, 0.05) is 12.1 Å². The zero-order valence-corrected chi connectivity index (χ0v) is 11.3. The maximum absolute atomic E-state index is 11.2. The van der Waals surface area contributed by atoms with Gasteiger partial charge >= 0.3 is 0 Å². The highest BCUT2D eigenvalue weighted by atomic mass is 16.7. The maximum atomic E-state index is 11.2. The lowest BCUT2D eigenvalue weighted by atomic mass is 10.1. The summed E-state index contributed by atoms with van der Waals surface area (Å²) in [5, 5.41) is 3.19. The summed E-state index contributed by atoms with van der Waals surface area (Å²) in [4.78, 5) is 11.2. The van der Waals surface area contributed by atoms with Crippen LogP contribution in [0.3, 0.4) is 0 Å². The molecule has 1 heterocycles. The molecule has 1 amide bonds. The van der Waals surface area contributed by atoms with Gasteiger partial charge in [0.15, 0.2) is 11.5 Å². The van der Waals surface area contributed by atoms with Crippen LogP contribution in [0.4, 0.5) is 11.4 Å². The predicted octanol–water partition coefficient (Wildman–Crippen LogP) is 1.71.